The Morgan fingerprint density at radius 2 is 2.37 bits per heavy atom. The summed E-state index contributed by atoms with van der Waals surface area (Å²) in [6, 6.07) is 1.71. The Bertz CT molecular complexity index is 457. The molecule has 1 aromatic rings. The number of hydrogen-bond donors (Lipinski definition) is 0. The van der Waals surface area contributed by atoms with E-state index in [2.05, 4.69) is 5.10 Å². The number of nitrogens with zero attached hydrogens (tertiary/aromatic N) is 2. The lowest BCUT2D eigenvalue weighted by Gasteiger charge is -2.21. The van der Waals surface area contributed by atoms with Crippen molar-refractivity contribution in [3.63, 3.8) is 0 Å². The number of rotatable bonds is 5. The lowest BCUT2D eigenvalue weighted by molar-refractivity contribution is 0.0151. The maximum absolute atomic E-state index is 12.0. The van der Waals surface area contributed by atoms with Crippen LogP contribution in [0.1, 0.15) is 36.2 Å². The normalized spacial score (nSPS) is 28.8. The highest BCUT2D eigenvalue weighted by molar-refractivity contribution is 5.87. The second-order valence-electron chi connectivity index (χ2n) is 5.58. The molecule has 3 atom stereocenters. The monoisotopic (exact) mass is 264 g/mol. The summed E-state index contributed by atoms with van der Waals surface area (Å²) in [4.78, 5) is 12.0. The van der Waals surface area contributed by atoms with E-state index in [4.69, 9.17) is 9.47 Å². The van der Waals surface area contributed by atoms with Gasteiger partial charge in [0.15, 0.2) is 5.69 Å². The van der Waals surface area contributed by atoms with Crippen LogP contribution in [-0.2, 0) is 16.0 Å². The molecule has 0 spiro atoms. The van der Waals surface area contributed by atoms with Gasteiger partial charge in [0, 0.05) is 13.3 Å². The van der Waals surface area contributed by atoms with Crippen molar-refractivity contribution in [2.24, 2.45) is 11.8 Å². The Labute approximate surface area is 112 Å². The average molecular weight is 264 g/mol. The summed E-state index contributed by atoms with van der Waals surface area (Å²) in [6.07, 6.45) is 6.71. The highest BCUT2D eigenvalue weighted by atomic mass is 16.5. The molecule has 5 heteroatoms. The number of carbonyl (C=O) groups is 1. The molecule has 104 valence electrons. The van der Waals surface area contributed by atoms with E-state index in [9.17, 15) is 4.79 Å². The lowest BCUT2D eigenvalue weighted by atomic mass is 9.98. The molecule has 1 aromatic heterocycles. The fourth-order valence-electron chi connectivity index (χ4n) is 3.31. The van der Waals surface area contributed by atoms with Crippen LogP contribution < -0.4 is 0 Å². The summed E-state index contributed by atoms with van der Waals surface area (Å²) >= 11 is 0. The van der Waals surface area contributed by atoms with Crippen LogP contribution in [-0.4, -0.2) is 35.6 Å². The summed E-state index contributed by atoms with van der Waals surface area (Å²) in [5, 5.41) is 4.21. The van der Waals surface area contributed by atoms with Gasteiger partial charge in [0.05, 0.1) is 13.2 Å². The molecule has 1 heterocycles. The number of methoxy groups -OCH3 is 1. The van der Waals surface area contributed by atoms with Crippen molar-refractivity contribution >= 4 is 5.97 Å². The van der Waals surface area contributed by atoms with E-state index in [1.54, 1.807) is 24.1 Å². The SMILES string of the molecule is COCCn1ccc(C(=O)O[C@H]2C[C@H]3CC[C@H]2C3)n1. The largest absolute Gasteiger partial charge is 0.457 e. The first-order chi connectivity index (χ1) is 9.26. The van der Waals surface area contributed by atoms with Crippen molar-refractivity contribution in [3.05, 3.63) is 18.0 Å². The molecule has 3 rings (SSSR count). The van der Waals surface area contributed by atoms with Gasteiger partial charge in [-0.2, -0.15) is 5.10 Å². The zero-order valence-corrected chi connectivity index (χ0v) is 11.2. The van der Waals surface area contributed by atoms with Crippen LogP contribution in [0.15, 0.2) is 12.3 Å². The number of ether oxygens (including phenoxy) is 2. The van der Waals surface area contributed by atoms with Crippen LogP contribution >= 0.6 is 0 Å². The highest BCUT2D eigenvalue weighted by Gasteiger charge is 2.41. The fraction of sp³-hybridized carbons (Fsp3) is 0.714. The first kappa shape index (κ1) is 12.7. The quantitative estimate of drug-likeness (QED) is 0.762. The number of fused-ring (bicyclic) bond motifs is 2. The first-order valence-electron chi connectivity index (χ1n) is 6.99. The van der Waals surface area contributed by atoms with Crippen LogP contribution in [0.3, 0.4) is 0 Å². The van der Waals surface area contributed by atoms with Crippen molar-refractivity contribution in [1.82, 2.24) is 9.78 Å². The molecule has 5 nitrogen and oxygen atoms in total. The van der Waals surface area contributed by atoms with Crippen LogP contribution in [0.5, 0.6) is 0 Å². The number of esters is 1. The predicted octanol–water partition coefficient (Wildman–Crippen LogP) is 1.87. The molecular formula is C14H20N2O3. The molecule has 2 fully saturated rings. The van der Waals surface area contributed by atoms with Crippen molar-refractivity contribution < 1.29 is 14.3 Å². The summed E-state index contributed by atoms with van der Waals surface area (Å²) < 4.78 is 12.3. The van der Waals surface area contributed by atoms with E-state index >= 15 is 0 Å². The van der Waals surface area contributed by atoms with Crippen LogP contribution in [0.4, 0.5) is 0 Å². The Kier molecular flexibility index (Phi) is 3.55. The van der Waals surface area contributed by atoms with Gasteiger partial charge in [-0.15, -0.1) is 0 Å². The number of aromatic nitrogens is 2. The fourth-order valence-corrected chi connectivity index (χ4v) is 3.31. The van der Waals surface area contributed by atoms with E-state index in [1.807, 2.05) is 0 Å². The zero-order valence-electron chi connectivity index (χ0n) is 11.2. The van der Waals surface area contributed by atoms with Crippen LogP contribution in [0, 0.1) is 11.8 Å². The van der Waals surface area contributed by atoms with Crippen molar-refractivity contribution in [2.75, 3.05) is 13.7 Å². The summed E-state index contributed by atoms with van der Waals surface area (Å²) in [5.74, 6) is 1.08. The van der Waals surface area contributed by atoms with E-state index in [-0.39, 0.29) is 12.1 Å². The standard InChI is InChI=1S/C14H20N2O3/c1-18-7-6-16-5-4-12(15-16)14(17)19-13-9-10-2-3-11(13)8-10/h4-5,10-11,13H,2-3,6-9H2,1H3/t10-,11-,13-/m0/s1. The molecule has 0 saturated heterocycles. The summed E-state index contributed by atoms with van der Waals surface area (Å²) in [7, 11) is 1.65. The maximum Gasteiger partial charge on any atom is 0.359 e. The van der Waals surface area contributed by atoms with Crippen molar-refractivity contribution in [1.29, 1.82) is 0 Å². The third-order valence-corrected chi connectivity index (χ3v) is 4.31. The van der Waals surface area contributed by atoms with E-state index in [0.717, 1.165) is 12.3 Å². The Morgan fingerprint density at radius 1 is 1.47 bits per heavy atom. The third kappa shape index (κ3) is 2.66. The number of carbonyl (C=O) groups excluding carboxylic acids is 1. The van der Waals surface area contributed by atoms with Gasteiger partial charge < -0.3 is 9.47 Å². The second-order valence-corrected chi connectivity index (χ2v) is 5.58. The van der Waals surface area contributed by atoms with Gasteiger partial charge in [0.25, 0.3) is 0 Å². The second kappa shape index (κ2) is 5.33. The van der Waals surface area contributed by atoms with Gasteiger partial charge in [0.2, 0.25) is 0 Å². The van der Waals surface area contributed by atoms with Crippen molar-refractivity contribution in [2.45, 2.75) is 38.3 Å². The van der Waals surface area contributed by atoms with Gasteiger partial charge >= 0.3 is 5.97 Å². The van der Waals surface area contributed by atoms with Gasteiger partial charge in [-0.05, 0) is 43.6 Å². The van der Waals surface area contributed by atoms with Crippen LogP contribution in [0.2, 0.25) is 0 Å². The zero-order chi connectivity index (χ0) is 13.2. The van der Waals surface area contributed by atoms with E-state index in [0.29, 0.717) is 24.8 Å². The molecule has 0 N–H and O–H groups in total. The van der Waals surface area contributed by atoms with Gasteiger partial charge in [-0.1, -0.05) is 0 Å². The molecule has 2 aliphatic rings. The minimum Gasteiger partial charge on any atom is -0.457 e. The van der Waals surface area contributed by atoms with Gasteiger partial charge in [-0.3, -0.25) is 4.68 Å². The predicted molar refractivity (Wildman–Crippen MR) is 68.8 cm³/mol. The third-order valence-electron chi connectivity index (χ3n) is 4.31. The Hall–Kier alpha value is -1.36. The van der Waals surface area contributed by atoms with E-state index < -0.39 is 0 Å². The molecule has 0 radical (unpaired) electrons. The number of hydrogen-bond acceptors (Lipinski definition) is 4. The maximum atomic E-state index is 12.0. The minimum absolute atomic E-state index is 0.121. The molecular weight excluding hydrogens is 244 g/mol. The van der Waals surface area contributed by atoms with Gasteiger partial charge in [0.1, 0.15) is 6.10 Å². The van der Waals surface area contributed by atoms with Crippen LogP contribution in [0.25, 0.3) is 0 Å². The van der Waals surface area contributed by atoms with Crippen molar-refractivity contribution in [3.8, 4) is 0 Å². The molecule has 0 aliphatic heterocycles. The molecule has 0 unspecified atom stereocenters. The molecule has 0 aromatic carbocycles. The molecule has 19 heavy (non-hydrogen) atoms. The highest BCUT2D eigenvalue weighted by Crippen LogP contribution is 2.45. The van der Waals surface area contributed by atoms with E-state index in [1.165, 1.54) is 19.3 Å². The Morgan fingerprint density at radius 3 is 3.05 bits per heavy atom. The first-order valence-corrected chi connectivity index (χ1v) is 6.99. The topological polar surface area (TPSA) is 53.4 Å². The summed E-state index contributed by atoms with van der Waals surface area (Å²) in [6.45, 7) is 1.24. The minimum atomic E-state index is -0.284. The smallest absolute Gasteiger partial charge is 0.359 e. The molecule has 0 amide bonds. The average Bonchev–Trinajstić information content (AvgIpc) is 3.12. The Balaban J connectivity index is 1.56. The summed E-state index contributed by atoms with van der Waals surface area (Å²) in [5.41, 5.74) is 0.402. The lowest BCUT2D eigenvalue weighted by Crippen LogP contribution is -2.24. The molecule has 2 saturated carbocycles. The molecule has 2 aliphatic carbocycles. The molecule has 2 bridgehead atoms. The van der Waals surface area contributed by atoms with Gasteiger partial charge in [-0.25, -0.2) is 4.79 Å².